The van der Waals surface area contributed by atoms with E-state index in [-0.39, 0.29) is 24.2 Å². The monoisotopic (exact) mass is 355 g/mol. The molecule has 2 aromatic rings. The number of rotatable bonds is 3. The predicted octanol–water partition coefficient (Wildman–Crippen LogP) is 3.22. The van der Waals surface area contributed by atoms with E-state index in [2.05, 4.69) is 22.4 Å². The number of nitrogens with zero attached hydrogens (tertiary/aromatic N) is 2. The lowest BCUT2D eigenvalue weighted by Gasteiger charge is -2.18. The number of hydrogen-bond acceptors (Lipinski definition) is 3. The number of aromatic nitrogens is 1. The average molecular weight is 356 g/mol. The van der Waals surface area contributed by atoms with Crippen LogP contribution in [0.2, 0.25) is 5.02 Å². The van der Waals surface area contributed by atoms with E-state index < -0.39 is 0 Å². The standard InChI is InChI=1S/C19H18ClN3O2/c20-15-5-7-17(21-10-15)22-19(25)14-9-18(24)23(11-14)16-6-4-12-2-1-3-13(12)8-16/h4-8,10,14H,1-3,9,11H2,(H,21,22,25). The fraction of sp³-hybridized carbons (Fsp3) is 0.316. The van der Waals surface area contributed by atoms with Gasteiger partial charge in [0.05, 0.1) is 10.9 Å². The van der Waals surface area contributed by atoms with Gasteiger partial charge in [0, 0.05) is 24.8 Å². The SMILES string of the molecule is O=C(Nc1ccc(Cl)cn1)C1CC(=O)N(c2ccc3c(c2)CCC3)C1. The summed E-state index contributed by atoms with van der Waals surface area (Å²) in [6.45, 7) is 0.400. The smallest absolute Gasteiger partial charge is 0.230 e. The van der Waals surface area contributed by atoms with Crippen LogP contribution in [0.4, 0.5) is 11.5 Å². The van der Waals surface area contributed by atoms with E-state index in [1.165, 1.54) is 23.7 Å². The van der Waals surface area contributed by atoms with Crippen molar-refractivity contribution in [3.05, 3.63) is 52.7 Å². The van der Waals surface area contributed by atoms with Gasteiger partial charge in [-0.25, -0.2) is 4.98 Å². The van der Waals surface area contributed by atoms with E-state index in [0.717, 1.165) is 18.5 Å². The van der Waals surface area contributed by atoms with Crippen LogP contribution in [0.15, 0.2) is 36.5 Å². The average Bonchev–Trinajstić information content (AvgIpc) is 3.22. The first-order valence-corrected chi connectivity index (χ1v) is 8.82. The van der Waals surface area contributed by atoms with Crippen molar-refractivity contribution in [3.63, 3.8) is 0 Å². The molecule has 0 bridgehead atoms. The van der Waals surface area contributed by atoms with Crippen molar-refractivity contribution in [2.24, 2.45) is 5.92 Å². The molecule has 25 heavy (non-hydrogen) atoms. The molecule has 1 atom stereocenters. The first-order chi connectivity index (χ1) is 12.1. The van der Waals surface area contributed by atoms with Crippen LogP contribution in [0.1, 0.15) is 24.0 Å². The van der Waals surface area contributed by atoms with Crippen LogP contribution >= 0.6 is 11.6 Å². The van der Waals surface area contributed by atoms with Gasteiger partial charge >= 0.3 is 0 Å². The van der Waals surface area contributed by atoms with Crippen molar-refractivity contribution in [2.75, 3.05) is 16.8 Å². The Bertz CT molecular complexity index is 835. The summed E-state index contributed by atoms with van der Waals surface area (Å²) in [6, 6.07) is 9.51. The highest BCUT2D eigenvalue weighted by Crippen LogP contribution is 2.30. The maximum Gasteiger partial charge on any atom is 0.230 e. The largest absolute Gasteiger partial charge is 0.312 e. The number of amides is 2. The molecule has 0 saturated carbocycles. The maximum atomic E-state index is 12.4. The molecule has 2 amide bonds. The van der Waals surface area contributed by atoms with E-state index in [0.29, 0.717) is 17.4 Å². The fourth-order valence-corrected chi connectivity index (χ4v) is 3.65. The lowest BCUT2D eigenvalue weighted by molar-refractivity contribution is -0.122. The highest BCUT2D eigenvalue weighted by molar-refractivity contribution is 6.30. The van der Waals surface area contributed by atoms with E-state index in [1.807, 2.05) is 6.07 Å². The summed E-state index contributed by atoms with van der Waals surface area (Å²) in [5.74, 6) is -0.134. The summed E-state index contributed by atoms with van der Waals surface area (Å²) in [5, 5.41) is 3.27. The maximum absolute atomic E-state index is 12.4. The molecular formula is C19H18ClN3O2. The zero-order valence-corrected chi connectivity index (χ0v) is 14.4. The Morgan fingerprint density at radius 1 is 1.20 bits per heavy atom. The summed E-state index contributed by atoms with van der Waals surface area (Å²) in [5.41, 5.74) is 3.59. The van der Waals surface area contributed by atoms with Crippen molar-refractivity contribution < 1.29 is 9.59 Å². The van der Waals surface area contributed by atoms with Crippen molar-refractivity contribution in [1.82, 2.24) is 4.98 Å². The van der Waals surface area contributed by atoms with Crippen molar-refractivity contribution >= 4 is 34.9 Å². The van der Waals surface area contributed by atoms with Gasteiger partial charge in [-0.2, -0.15) is 0 Å². The van der Waals surface area contributed by atoms with Crippen LogP contribution in [0.3, 0.4) is 0 Å². The molecule has 1 aromatic carbocycles. The second-order valence-corrected chi connectivity index (χ2v) is 7.00. The topological polar surface area (TPSA) is 62.3 Å². The Morgan fingerprint density at radius 3 is 2.84 bits per heavy atom. The van der Waals surface area contributed by atoms with E-state index in [1.54, 1.807) is 17.0 Å². The number of fused-ring (bicyclic) bond motifs is 1. The molecule has 1 aliphatic carbocycles. The van der Waals surface area contributed by atoms with Gasteiger partial charge in [0.25, 0.3) is 0 Å². The molecule has 2 aliphatic rings. The fourth-order valence-electron chi connectivity index (χ4n) is 3.54. The molecule has 2 heterocycles. The number of pyridine rings is 1. The molecular weight excluding hydrogens is 338 g/mol. The molecule has 1 fully saturated rings. The van der Waals surface area contributed by atoms with Crippen LogP contribution in [0.25, 0.3) is 0 Å². The molecule has 6 heteroatoms. The minimum atomic E-state index is -0.377. The zero-order valence-electron chi connectivity index (χ0n) is 13.7. The van der Waals surface area contributed by atoms with Crippen molar-refractivity contribution in [3.8, 4) is 0 Å². The molecule has 5 nitrogen and oxygen atoms in total. The summed E-state index contributed by atoms with van der Waals surface area (Å²) < 4.78 is 0. The minimum Gasteiger partial charge on any atom is -0.312 e. The van der Waals surface area contributed by atoms with Crippen molar-refractivity contribution in [1.29, 1.82) is 0 Å². The van der Waals surface area contributed by atoms with Gasteiger partial charge in [0.2, 0.25) is 11.8 Å². The van der Waals surface area contributed by atoms with Crippen LogP contribution < -0.4 is 10.2 Å². The summed E-state index contributed by atoms with van der Waals surface area (Å²) >= 11 is 5.80. The number of halogens is 1. The lowest BCUT2D eigenvalue weighted by atomic mass is 10.1. The summed E-state index contributed by atoms with van der Waals surface area (Å²) in [4.78, 5) is 30.6. The van der Waals surface area contributed by atoms with Crippen molar-refractivity contribution in [2.45, 2.75) is 25.7 Å². The van der Waals surface area contributed by atoms with E-state index >= 15 is 0 Å². The normalized spacial score (nSPS) is 19.2. The van der Waals surface area contributed by atoms with Crippen LogP contribution in [0, 0.1) is 5.92 Å². The molecule has 1 aromatic heterocycles. The molecule has 1 aliphatic heterocycles. The quantitative estimate of drug-likeness (QED) is 0.919. The number of anilines is 2. The number of carbonyl (C=O) groups is 2. The number of carbonyl (C=O) groups excluding carboxylic acids is 2. The van der Waals surface area contributed by atoms with E-state index in [9.17, 15) is 9.59 Å². The third-order valence-electron chi connectivity index (χ3n) is 4.87. The third-order valence-corrected chi connectivity index (χ3v) is 5.09. The van der Waals surface area contributed by atoms with Crippen LogP contribution in [-0.2, 0) is 22.4 Å². The van der Waals surface area contributed by atoms with Gasteiger partial charge in [0.15, 0.2) is 0 Å². The Balaban J connectivity index is 1.46. The lowest BCUT2D eigenvalue weighted by Crippen LogP contribution is -2.28. The Labute approximate surface area is 151 Å². The number of benzene rings is 1. The number of nitrogens with one attached hydrogen (secondary N) is 1. The van der Waals surface area contributed by atoms with E-state index in [4.69, 9.17) is 11.6 Å². The molecule has 1 unspecified atom stereocenters. The van der Waals surface area contributed by atoms with Crippen LogP contribution in [-0.4, -0.2) is 23.3 Å². The predicted molar refractivity (Wildman–Crippen MR) is 96.8 cm³/mol. The second kappa shape index (κ2) is 6.48. The Kier molecular flexibility index (Phi) is 4.17. The first-order valence-electron chi connectivity index (χ1n) is 8.45. The molecule has 4 rings (SSSR count). The molecule has 128 valence electrons. The number of hydrogen-bond donors (Lipinski definition) is 1. The summed E-state index contributed by atoms with van der Waals surface area (Å²) in [6.07, 6.45) is 5.05. The molecule has 0 spiro atoms. The van der Waals surface area contributed by atoms with Gasteiger partial charge in [-0.1, -0.05) is 17.7 Å². The highest BCUT2D eigenvalue weighted by Gasteiger charge is 2.35. The number of aryl methyl sites for hydroxylation is 2. The Morgan fingerprint density at radius 2 is 2.04 bits per heavy atom. The molecule has 1 saturated heterocycles. The highest BCUT2D eigenvalue weighted by atomic mass is 35.5. The zero-order chi connectivity index (χ0) is 17.4. The van der Waals surface area contributed by atoms with Gasteiger partial charge in [-0.3, -0.25) is 9.59 Å². The minimum absolute atomic E-state index is 0.0119. The first kappa shape index (κ1) is 16.1. The summed E-state index contributed by atoms with van der Waals surface area (Å²) in [7, 11) is 0. The van der Waals surface area contributed by atoms with Gasteiger partial charge in [-0.05, 0) is 54.7 Å². The van der Waals surface area contributed by atoms with Gasteiger partial charge < -0.3 is 10.2 Å². The second-order valence-electron chi connectivity index (χ2n) is 6.56. The Hall–Kier alpha value is -2.40. The van der Waals surface area contributed by atoms with Gasteiger partial charge in [0.1, 0.15) is 5.82 Å². The van der Waals surface area contributed by atoms with Crippen LogP contribution in [0.5, 0.6) is 0 Å². The molecule has 0 radical (unpaired) electrons. The van der Waals surface area contributed by atoms with Gasteiger partial charge in [-0.15, -0.1) is 0 Å². The third kappa shape index (κ3) is 3.24. The molecule has 1 N–H and O–H groups in total.